The first-order valence-corrected chi connectivity index (χ1v) is 12.3. The van der Waals surface area contributed by atoms with E-state index in [9.17, 15) is 9.90 Å². The number of likely N-dealkylation sites (N-methyl/N-ethyl adjacent to an activating group) is 1. The van der Waals surface area contributed by atoms with Crippen LogP contribution >= 0.6 is 0 Å². The van der Waals surface area contributed by atoms with Crippen molar-refractivity contribution in [2.75, 3.05) is 32.6 Å². The van der Waals surface area contributed by atoms with Gasteiger partial charge in [-0.05, 0) is 70.3 Å². The number of aliphatic hydroxyl groups is 1. The number of nitrogens with zero attached hydrogens (tertiary/aromatic N) is 6. The number of allylic oxidation sites excluding steroid dienone is 2. The van der Waals surface area contributed by atoms with Crippen LogP contribution in [0.1, 0.15) is 25.5 Å². The highest BCUT2D eigenvalue weighted by atomic mass is 16.5. The quantitative estimate of drug-likeness (QED) is 0.388. The van der Waals surface area contributed by atoms with Crippen molar-refractivity contribution in [1.82, 2.24) is 29.2 Å². The topological polar surface area (TPSA) is 110 Å². The van der Waals surface area contributed by atoms with E-state index < -0.39 is 5.60 Å². The first-order valence-electron chi connectivity index (χ1n) is 12.3. The highest BCUT2D eigenvalue weighted by Crippen LogP contribution is 2.27. The van der Waals surface area contributed by atoms with Gasteiger partial charge in [-0.15, -0.1) is 0 Å². The molecule has 37 heavy (non-hydrogen) atoms. The Labute approximate surface area is 214 Å². The van der Waals surface area contributed by atoms with Gasteiger partial charge in [-0.25, -0.2) is 19.3 Å². The summed E-state index contributed by atoms with van der Waals surface area (Å²) < 4.78 is 9.04. The number of hydrogen-bond donors (Lipinski definition) is 2. The molecule has 2 bridgehead atoms. The van der Waals surface area contributed by atoms with E-state index in [1.54, 1.807) is 28.4 Å². The first kappa shape index (κ1) is 24.7. The molecule has 1 aliphatic rings. The van der Waals surface area contributed by atoms with Crippen LogP contribution in [0.5, 0.6) is 5.75 Å². The molecule has 4 heterocycles. The highest BCUT2D eigenvalue weighted by molar-refractivity contribution is 5.77. The molecular formula is C27H31N7O3. The Morgan fingerprint density at radius 1 is 1.14 bits per heavy atom. The maximum Gasteiger partial charge on any atom is 0.278 e. The van der Waals surface area contributed by atoms with Crippen LogP contribution in [-0.2, 0) is 12.1 Å². The molecule has 1 aromatic carbocycles. The zero-order valence-electron chi connectivity index (χ0n) is 21.3. The standard InChI is InChI=1S/C27H31N7O3/c1-27(36)14-5-4-6-15-33-25(35)21-18-28-26(31-24(21)34(33)23-9-7-8-22(27)30-23)29-19-10-12-20(13-11-19)37-17-16-32(2)3/h4,6-13,18,36H,5,14-17H2,1-3H3,(H,28,29,31)/b6-4-/t27-/m0/s1. The Bertz CT molecular complexity index is 1490. The number of ether oxygens (including phenoxy) is 1. The lowest BCUT2D eigenvalue weighted by atomic mass is 9.95. The van der Waals surface area contributed by atoms with Crippen molar-refractivity contribution in [3.63, 3.8) is 0 Å². The molecule has 0 unspecified atom stereocenters. The molecule has 0 fully saturated rings. The Kier molecular flexibility index (Phi) is 6.77. The second-order valence-corrected chi connectivity index (χ2v) is 9.60. The predicted molar refractivity (Wildman–Crippen MR) is 143 cm³/mol. The number of anilines is 2. The lowest BCUT2D eigenvalue weighted by Crippen LogP contribution is -2.24. The third-order valence-corrected chi connectivity index (χ3v) is 6.34. The van der Waals surface area contributed by atoms with E-state index in [0.717, 1.165) is 18.0 Å². The van der Waals surface area contributed by atoms with Crippen LogP contribution < -0.4 is 15.6 Å². The summed E-state index contributed by atoms with van der Waals surface area (Å²) in [6.07, 6.45) is 6.63. The molecule has 0 spiro atoms. The molecule has 0 saturated carbocycles. The molecule has 3 aromatic heterocycles. The number of pyridine rings is 1. The summed E-state index contributed by atoms with van der Waals surface area (Å²) in [5.41, 5.74) is 0.466. The summed E-state index contributed by atoms with van der Waals surface area (Å²) in [5, 5.41) is 14.6. The smallest absolute Gasteiger partial charge is 0.278 e. The van der Waals surface area contributed by atoms with Gasteiger partial charge in [-0.2, -0.15) is 4.98 Å². The van der Waals surface area contributed by atoms with Crippen molar-refractivity contribution in [2.45, 2.75) is 31.9 Å². The largest absolute Gasteiger partial charge is 0.492 e. The maximum absolute atomic E-state index is 13.3. The number of benzene rings is 1. The highest BCUT2D eigenvalue weighted by Gasteiger charge is 2.26. The Hall–Kier alpha value is -4.02. The van der Waals surface area contributed by atoms with E-state index in [-0.39, 0.29) is 5.56 Å². The predicted octanol–water partition coefficient (Wildman–Crippen LogP) is 3.22. The lowest BCUT2D eigenvalue weighted by Gasteiger charge is -2.22. The summed E-state index contributed by atoms with van der Waals surface area (Å²) >= 11 is 0. The first-order chi connectivity index (χ1) is 17.8. The van der Waals surface area contributed by atoms with E-state index in [1.807, 2.05) is 56.6 Å². The number of aromatic nitrogens is 5. The van der Waals surface area contributed by atoms with E-state index in [1.165, 1.54) is 6.20 Å². The summed E-state index contributed by atoms with van der Waals surface area (Å²) in [6, 6.07) is 13.0. The molecule has 10 heteroatoms. The SMILES string of the molecule is CN(C)CCOc1ccc(Nc2ncc3c(=O)n4n(c3n2)-c2cccc(n2)[C@@](C)(O)CC/C=C\C4)cc1. The van der Waals surface area contributed by atoms with Crippen molar-refractivity contribution in [3.8, 4) is 11.6 Å². The van der Waals surface area contributed by atoms with Gasteiger partial charge in [0.25, 0.3) is 5.56 Å². The number of hydrogen-bond acceptors (Lipinski definition) is 8. The zero-order chi connectivity index (χ0) is 26.0. The van der Waals surface area contributed by atoms with Crippen LogP contribution in [-0.4, -0.2) is 61.6 Å². The van der Waals surface area contributed by atoms with Crippen molar-refractivity contribution in [1.29, 1.82) is 0 Å². The van der Waals surface area contributed by atoms with Crippen molar-refractivity contribution in [3.05, 3.63) is 76.9 Å². The monoisotopic (exact) mass is 501 g/mol. The summed E-state index contributed by atoms with van der Waals surface area (Å²) in [6.45, 7) is 3.55. The zero-order valence-corrected chi connectivity index (χ0v) is 21.3. The fourth-order valence-electron chi connectivity index (χ4n) is 4.22. The van der Waals surface area contributed by atoms with Crippen LogP contribution in [0.15, 0.2) is 65.6 Å². The molecule has 0 radical (unpaired) electrons. The minimum atomic E-state index is -1.09. The fraction of sp³-hybridized carbons (Fsp3) is 0.333. The molecule has 0 aliphatic carbocycles. The van der Waals surface area contributed by atoms with Gasteiger partial charge in [-0.3, -0.25) is 4.79 Å². The molecule has 0 saturated heterocycles. The Morgan fingerprint density at radius 3 is 2.73 bits per heavy atom. The number of nitrogens with one attached hydrogen (secondary N) is 1. The van der Waals surface area contributed by atoms with Gasteiger partial charge in [0.1, 0.15) is 23.3 Å². The number of rotatable bonds is 6. The molecule has 10 nitrogen and oxygen atoms in total. The van der Waals surface area contributed by atoms with Crippen LogP contribution in [0.3, 0.4) is 0 Å². The Morgan fingerprint density at radius 2 is 1.95 bits per heavy atom. The minimum absolute atomic E-state index is 0.205. The fourth-order valence-corrected chi connectivity index (χ4v) is 4.22. The molecule has 4 aromatic rings. The van der Waals surface area contributed by atoms with Crippen LogP contribution in [0.2, 0.25) is 0 Å². The Balaban J connectivity index is 1.51. The third-order valence-electron chi connectivity index (χ3n) is 6.34. The molecule has 192 valence electrons. The minimum Gasteiger partial charge on any atom is -0.492 e. The van der Waals surface area contributed by atoms with Gasteiger partial charge in [-0.1, -0.05) is 18.2 Å². The summed E-state index contributed by atoms with van der Waals surface area (Å²) in [5.74, 6) is 1.63. The van der Waals surface area contributed by atoms with E-state index >= 15 is 0 Å². The van der Waals surface area contributed by atoms with Gasteiger partial charge in [0.05, 0.1) is 12.2 Å². The van der Waals surface area contributed by atoms with Crippen molar-refractivity contribution in [2.24, 2.45) is 0 Å². The molecule has 5 rings (SSSR count). The van der Waals surface area contributed by atoms with Gasteiger partial charge < -0.3 is 20.1 Å². The second-order valence-electron chi connectivity index (χ2n) is 9.60. The van der Waals surface area contributed by atoms with Gasteiger partial charge >= 0.3 is 0 Å². The lowest BCUT2D eigenvalue weighted by molar-refractivity contribution is 0.0443. The second kappa shape index (κ2) is 10.2. The van der Waals surface area contributed by atoms with Crippen LogP contribution in [0.4, 0.5) is 11.6 Å². The molecular weight excluding hydrogens is 470 g/mol. The normalized spacial score (nSPS) is 18.3. The molecule has 0 amide bonds. The number of fused-ring (bicyclic) bond motifs is 6. The molecule has 1 aliphatic heterocycles. The molecule has 1 atom stereocenters. The van der Waals surface area contributed by atoms with E-state index in [0.29, 0.717) is 54.5 Å². The van der Waals surface area contributed by atoms with Gasteiger partial charge in [0, 0.05) is 18.4 Å². The van der Waals surface area contributed by atoms with Crippen LogP contribution in [0.25, 0.3) is 16.9 Å². The maximum atomic E-state index is 13.3. The summed E-state index contributed by atoms with van der Waals surface area (Å²) in [7, 11) is 4.01. The van der Waals surface area contributed by atoms with Crippen LogP contribution in [0, 0.1) is 0 Å². The van der Waals surface area contributed by atoms with Gasteiger partial charge in [0.2, 0.25) is 5.95 Å². The van der Waals surface area contributed by atoms with E-state index in [4.69, 9.17) is 14.7 Å². The average Bonchev–Trinajstić information content (AvgIpc) is 3.14. The van der Waals surface area contributed by atoms with E-state index in [2.05, 4.69) is 15.2 Å². The average molecular weight is 502 g/mol. The van der Waals surface area contributed by atoms with Gasteiger partial charge in [0.15, 0.2) is 11.5 Å². The summed E-state index contributed by atoms with van der Waals surface area (Å²) in [4.78, 5) is 29.2. The molecule has 2 N–H and O–H groups in total. The van der Waals surface area contributed by atoms with Crippen molar-refractivity contribution < 1.29 is 9.84 Å². The van der Waals surface area contributed by atoms with Crippen molar-refractivity contribution >= 4 is 22.7 Å². The third kappa shape index (κ3) is 5.25.